The molecule has 1 aromatic heterocycles. The first kappa shape index (κ1) is 13.2. The summed E-state index contributed by atoms with van der Waals surface area (Å²) in [5.74, 6) is 1.23. The van der Waals surface area contributed by atoms with Crippen LogP contribution in [0.5, 0.6) is 0 Å². The zero-order valence-corrected chi connectivity index (χ0v) is 11.0. The molecule has 1 rings (SSSR count). The van der Waals surface area contributed by atoms with Gasteiger partial charge in [0.2, 0.25) is 0 Å². The van der Waals surface area contributed by atoms with Crippen molar-refractivity contribution in [3.8, 4) is 0 Å². The van der Waals surface area contributed by atoms with Crippen molar-refractivity contribution in [1.82, 2.24) is 15.1 Å². The fourth-order valence-electron chi connectivity index (χ4n) is 1.84. The molecule has 16 heavy (non-hydrogen) atoms. The van der Waals surface area contributed by atoms with Crippen molar-refractivity contribution in [2.45, 2.75) is 46.6 Å². The van der Waals surface area contributed by atoms with Gasteiger partial charge in [0.1, 0.15) is 0 Å². The van der Waals surface area contributed by atoms with Crippen LogP contribution in [-0.4, -0.2) is 22.9 Å². The molecule has 0 radical (unpaired) electrons. The van der Waals surface area contributed by atoms with E-state index in [1.54, 1.807) is 0 Å². The van der Waals surface area contributed by atoms with Crippen molar-refractivity contribution in [2.75, 3.05) is 13.1 Å². The van der Waals surface area contributed by atoms with Gasteiger partial charge in [-0.1, -0.05) is 27.7 Å². The molecule has 0 aromatic carbocycles. The van der Waals surface area contributed by atoms with E-state index in [0.717, 1.165) is 26.1 Å². The Labute approximate surface area is 99.2 Å². The van der Waals surface area contributed by atoms with Gasteiger partial charge in [-0.2, -0.15) is 5.10 Å². The first-order valence-corrected chi connectivity index (χ1v) is 6.42. The number of hydrogen-bond acceptors (Lipinski definition) is 2. The highest BCUT2D eigenvalue weighted by molar-refractivity contribution is 5.11. The predicted octanol–water partition coefficient (Wildman–Crippen LogP) is 2.64. The second-order valence-electron chi connectivity index (χ2n) is 4.61. The normalized spacial score (nSPS) is 15.0. The van der Waals surface area contributed by atoms with Crippen molar-refractivity contribution < 1.29 is 0 Å². The first-order chi connectivity index (χ1) is 7.69. The summed E-state index contributed by atoms with van der Waals surface area (Å²) >= 11 is 0. The molecule has 3 heteroatoms. The Morgan fingerprint density at radius 1 is 1.38 bits per heavy atom. The van der Waals surface area contributed by atoms with Crippen molar-refractivity contribution in [1.29, 1.82) is 0 Å². The van der Waals surface area contributed by atoms with E-state index in [0.29, 0.717) is 11.8 Å². The molecule has 1 heterocycles. The topological polar surface area (TPSA) is 29.9 Å². The maximum Gasteiger partial charge on any atom is 0.0524 e. The number of nitrogens with zero attached hydrogens (tertiary/aromatic N) is 2. The van der Waals surface area contributed by atoms with Crippen LogP contribution in [0.3, 0.4) is 0 Å². The lowest BCUT2D eigenvalue weighted by molar-refractivity contribution is 0.453. The summed E-state index contributed by atoms with van der Waals surface area (Å²) in [7, 11) is 0. The summed E-state index contributed by atoms with van der Waals surface area (Å²) in [6.45, 7) is 12.1. The highest BCUT2D eigenvalue weighted by Crippen LogP contribution is 2.22. The molecular formula is C13H25N3. The second kappa shape index (κ2) is 6.69. The van der Waals surface area contributed by atoms with Crippen LogP contribution in [-0.2, 0) is 6.54 Å². The minimum absolute atomic E-state index is 0.574. The van der Waals surface area contributed by atoms with Crippen molar-refractivity contribution >= 4 is 0 Å². The number of nitrogens with one attached hydrogen (secondary N) is 1. The number of aryl methyl sites for hydroxylation is 1. The monoisotopic (exact) mass is 223 g/mol. The highest BCUT2D eigenvalue weighted by atomic mass is 15.3. The summed E-state index contributed by atoms with van der Waals surface area (Å²) in [5.41, 5.74) is 1.36. The molecular weight excluding hydrogens is 198 g/mol. The molecule has 0 aliphatic carbocycles. The van der Waals surface area contributed by atoms with Crippen LogP contribution >= 0.6 is 0 Å². The number of rotatable bonds is 7. The Morgan fingerprint density at radius 2 is 2.12 bits per heavy atom. The lowest BCUT2D eigenvalue weighted by Crippen LogP contribution is -2.23. The molecule has 0 bridgehead atoms. The van der Waals surface area contributed by atoms with Gasteiger partial charge in [-0.3, -0.25) is 4.68 Å². The first-order valence-electron chi connectivity index (χ1n) is 6.42. The molecule has 1 aromatic rings. The van der Waals surface area contributed by atoms with Crippen LogP contribution in [0.2, 0.25) is 0 Å². The van der Waals surface area contributed by atoms with Crippen molar-refractivity contribution in [3.63, 3.8) is 0 Å². The van der Waals surface area contributed by atoms with Crippen molar-refractivity contribution in [2.24, 2.45) is 5.92 Å². The number of hydrogen-bond donors (Lipinski definition) is 1. The maximum absolute atomic E-state index is 4.39. The molecule has 0 aliphatic heterocycles. The number of aromatic nitrogens is 2. The quantitative estimate of drug-likeness (QED) is 0.770. The van der Waals surface area contributed by atoms with Crippen molar-refractivity contribution in [3.05, 3.63) is 18.0 Å². The van der Waals surface area contributed by atoms with Gasteiger partial charge in [0.25, 0.3) is 0 Å². The lowest BCUT2D eigenvalue weighted by atomic mass is 9.91. The Morgan fingerprint density at radius 3 is 2.75 bits per heavy atom. The average molecular weight is 223 g/mol. The molecule has 0 fully saturated rings. The average Bonchev–Trinajstić information content (AvgIpc) is 2.74. The minimum Gasteiger partial charge on any atom is -0.317 e. The van der Waals surface area contributed by atoms with Crippen LogP contribution in [0.4, 0.5) is 0 Å². The minimum atomic E-state index is 0.574. The summed E-state index contributed by atoms with van der Waals surface area (Å²) in [5, 5.41) is 7.79. The van der Waals surface area contributed by atoms with Gasteiger partial charge in [-0.25, -0.2) is 0 Å². The van der Waals surface area contributed by atoms with E-state index in [1.165, 1.54) is 5.56 Å². The summed E-state index contributed by atoms with van der Waals surface area (Å²) in [4.78, 5) is 0. The van der Waals surface area contributed by atoms with E-state index in [1.807, 2.05) is 10.9 Å². The molecule has 0 saturated carbocycles. The zero-order chi connectivity index (χ0) is 12.0. The van der Waals surface area contributed by atoms with Crippen LogP contribution in [0.25, 0.3) is 0 Å². The molecule has 0 aliphatic rings. The predicted molar refractivity (Wildman–Crippen MR) is 68.6 cm³/mol. The van der Waals surface area contributed by atoms with Gasteiger partial charge in [-0.15, -0.1) is 0 Å². The molecule has 3 nitrogen and oxygen atoms in total. The molecule has 0 spiro atoms. The van der Waals surface area contributed by atoms with Crippen LogP contribution < -0.4 is 5.32 Å². The smallest absolute Gasteiger partial charge is 0.0524 e. The van der Waals surface area contributed by atoms with Gasteiger partial charge in [0.15, 0.2) is 0 Å². The molecule has 0 saturated heterocycles. The van der Waals surface area contributed by atoms with Gasteiger partial charge >= 0.3 is 0 Å². The van der Waals surface area contributed by atoms with Crippen LogP contribution in [0, 0.1) is 5.92 Å². The van der Waals surface area contributed by atoms with E-state index < -0.39 is 0 Å². The summed E-state index contributed by atoms with van der Waals surface area (Å²) in [6, 6.07) is 0. The molecule has 1 N–H and O–H groups in total. The van der Waals surface area contributed by atoms with Gasteiger partial charge in [-0.05, 0) is 36.9 Å². The van der Waals surface area contributed by atoms with E-state index in [2.05, 4.69) is 44.3 Å². The Kier molecular flexibility index (Phi) is 5.53. The molecule has 2 unspecified atom stereocenters. The van der Waals surface area contributed by atoms with E-state index in [4.69, 9.17) is 0 Å². The van der Waals surface area contributed by atoms with Crippen LogP contribution in [0.15, 0.2) is 12.4 Å². The Balaban J connectivity index is 2.53. The lowest BCUT2D eigenvalue weighted by Gasteiger charge is -2.18. The SMILES string of the molecule is CCCn1cc(C(C)C(C)CNCC)cn1. The second-order valence-corrected chi connectivity index (χ2v) is 4.61. The Hall–Kier alpha value is -0.830. The third-order valence-corrected chi connectivity index (χ3v) is 3.20. The standard InChI is InChI=1S/C13H25N3/c1-5-7-16-10-13(9-15-16)12(4)11(3)8-14-6-2/h9-12,14H,5-8H2,1-4H3. The zero-order valence-electron chi connectivity index (χ0n) is 11.0. The van der Waals surface area contributed by atoms with Gasteiger partial charge < -0.3 is 5.32 Å². The molecule has 2 atom stereocenters. The van der Waals surface area contributed by atoms with E-state index in [-0.39, 0.29) is 0 Å². The third kappa shape index (κ3) is 3.63. The fourth-order valence-corrected chi connectivity index (χ4v) is 1.84. The Bertz CT molecular complexity index is 293. The highest BCUT2D eigenvalue weighted by Gasteiger charge is 2.15. The fraction of sp³-hybridized carbons (Fsp3) is 0.769. The van der Waals surface area contributed by atoms with Crippen LogP contribution in [0.1, 0.15) is 45.6 Å². The van der Waals surface area contributed by atoms with E-state index in [9.17, 15) is 0 Å². The van der Waals surface area contributed by atoms with Gasteiger partial charge in [0, 0.05) is 12.7 Å². The van der Waals surface area contributed by atoms with E-state index >= 15 is 0 Å². The summed E-state index contributed by atoms with van der Waals surface area (Å²) < 4.78 is 2.05. The third-order valence-electron chi connectivity index (χ3n) is 3.20. The summed E-state index contributed by atoms with van der Waals surface area (Å²) in [6.07, 6.45) is 5.35. The maximum atomic E-state index is 4.39. The van der Waals surface area contributed by atoms with Gasteiger partial charge in [0.05, 0.1) is 6.20 Å². The molecule has 0 amide bonds. The molecule has 92 valence electrons. The largest absolute Gasteiger partial charge is 0.317 e.